The number of carbonyl (C=O) groups is 1. The van der Waals surface area contributed by atoms with Gasteiger partial charge in [-0.1, -0.05) is 36.5 Å². The molecule has 1 amide bonds. The molecule has 1 aromatic heterocycles. The Morgan fingerprint density at radius 1 is 1.13 bits per heavy atom. The van der Waals surface area contributed by atoms with Crippen LogP contribution in [-0.4, -0.2) is 40.1 Å². The minimum atomic E-state index is -0.203. The Bertz CT molecular complexity index is 1110. The number of nitrogens with zero attached hydrogens (tertiary/aromatic N) is 2. The predicted octanol–water partition coefficient (Wildman–Crippen LogP) is 4.21. The summed E-state index contributed by atoms with van der Waals surface area (Å²) in [5.74, 6) is 0.654. The fourth-order valence-corrected chi connectivity index (χ4v) is 4.55. The first-order valence-corrected chi connectivity index (χ1v) is 11.2. The number of aryl methyl sites for hydroxylation is 2. The molecule has 0 bridgehead atoms. The SMILES string of the molecule is Cc1ccc(OCCn2cc(C(=S)N3CCC(C(N)=O)CC3)c3ccccc32)cc1C. The van der Waals surface area contributed by atoms with Gasteiger partial charge in [-0.3, -0.25) is 4.79 Å². The standard InChI is InChI=1S/C25H29N3O2S/c1-17-7-8-20(15-18(17)2)30-14-13-28-16-22(21-5-3-4-6-23(21)28)25(31)27-11-9-19(10-12-27)24(26)29/h3-8,15-16,19H,9-14H2,1-2H3,(H2,26,29). The molecular formula is C25H29N3O2S. The van der Waals surface area contributed by atoms with E-state index in [-0.39, 0.29) is 11.8 Å². The van der Waals surface area contributed by atoms with E-state index in [2.05, 4.69) is 53.8 Å². The molecule has 4 rings (SSSR count). The first kappa shape index (κ1) is 21.4. The summed E-state index contributed by atoms with van der Waals surface area (Å²) in [5.41, 5.74) is 10.2. The summed E-state index contributed by atoms with van der Waals surface area (Å²) in [6.07, 6.45) is 3.66. The molecule has 0 aliphatic carbocycles. The van der Waals surface area contributed by atoms with Gasteiger partial charge in [0.2, 0.25) is 5.91 Å². The van der Waals surface area contributed by atoms with Crippen LogP contribution in [0.5, 0.6) is 5.75 Å². The quantitative estimate of drug-likeness (QED) is 0.589. The lowest BCUT2D eigenvalue weighted by molar-refractivity contribution is -0.122. The molecule has 0 spiro atoms. The number of piperidine rings is 1. The van der Waals surface area contributed by atoms with Crippen LogP contribution in [-0.2, 0) is 11.3 Å². The third kappa shape index (κ3) is 4.59. The number of fused-ring (bicyclic) bond motifs is 1. The fraction of sp³-hybridized carbons (Fsp3) is 0.360. The Kier molecular flexibility index (Phi) is 6.28. The van der Waals surface area contributed by atoms with Crippen LogP contribution >= 0.6 is 12.2 Å². The van der Waals surface area contributed by atoms with Crippen molar-refractivity contribution in [2.75, 3.05) is 19.7 Å². The van der Waals surface area contributed by atoms with E-state index in [1.165, 1.54) is 11.1 Å². The molecule has 1 saturated heterocycles. The molecule has 3 aromatic rings. The number of thiocarbonyl (C=S) groups is 1. The van der Waals surface area contributed by atoms with Crippen LogP contribution in [0.25, 0.3) is 10.9 Å². The van der Waals surface area contributed by atoms with Gasteiger partial charge < -0.3 is 19.9 Å². The number of rotatable bonds is 6. The van der Waals surface area contributed by atoms with Crippen LogP contribution in [0.15, 0.2) is 48.7 Å². The van der Waals surface area contributed by atoms with Crippen molar-refractivity contribution in [3.05, 3.63) is 65.4 Å². The molecule has 0 atom stereocenters. The number of benzene rings is 2. The maximum absolute atomic E-state index is 11.5. The van der Waals surface area contributed by atoms with Gasteiger partial charge in [0.05, 0.1) is 6.54 Å². The fourth-order valence-electron chi connectivity index (χ4n) is 4.21. The Morgan fingerprint density at radius 3 is 2.58 bits per heavy atom. The highest BCUT2D eigenvalue weighted by Crippen LogP contribution is 2.26. The van der Waals surface area contributed by atoms with Crippen molar-refractivity contribution in [3.63, 3.8) is 0 Å². The molecule has 1 fully saturated rings. The molecule has 0 unspecified atom stereocenters. The number of para-hydroxylation sites is 1. The lowest BCUT2D eigenvalue weighted by Crippen LogP contribution is -2.41. The summed E-state index contributed by atoms with van der Waals surface area (Å²) in [5, 5.41) is 1.15. The van der Waals surface area contributed by atoms with Crippen molar-refractivity contribution in [3.8, 4) is 5.75 Å². The maximum Gasteiger partial charge on any atom is 0.220 e. The molecule has 1 aliphatic rings. The second kappa shape index (κ2) is 9.10. The molecule has 0 saturated carbocycles. The number of aromatic nitrogens is 1. The van der Waals surface area contributed by atoms with Crippen LogP contribution in [0.3, 0.4) is 0 Å². The van der Waals surface area contributed by atoms with Crippen molar-refractivity contribution >= 4 is 34.0 Å². The number of likely N-dealkylation sites (tertiary alicyclic amines) is 1. The van der Waals surface area contributed by atoms with E-state index in [0.29, 0.717) is 6.61 Å². The van der Waals surface area contributed by atoms with Gasteiger partial charge in [-0.2, -0.15) is 0 Å². The predicted molar refractivity (Wildman–Crippen MR) is 129 cm³/mol. The Morgan fingerprint density at radius 2 is 1.87 bits per heavy atom. The summed E-state index contributed by atoms with van der Waals surface area (Å²) in [7, 11) is 0. The van der Waals surface area contributed by atoms with E-state index < -0.39 is 0 Å². The molecule has 5 nitrogen and oxygen atoms in total. The average molecular weight is 436 g/mol. The van der Waals surface area contributed by atoms with E-state index in [1.54, 1.807) is 0 Å². The van der Waals surface area contributed by atoms with E-state index in [9.17, 15) is 4.79 Å². The third-order valence-corrected chi connectivity index (χ3v) is 6.76. The number of primary amides is 1. The highest BCUT2D eigenvalue weighted by atomic mass is 32.1. The average Bonchev–Trinajstić information content (AvgIpc) is 3.14. The number of amides is 1. The van der Waals surface area contributed by atoms with Crippen LogP contribution in [0, 0.1) is 19.8 Å². The van der Waals surface area contributed by atoms with Gasteiger partial charge in [-0.05, 0) is 56.0 Å². The molecule has 6 heteroatoms. The number of hydrogen-bond acceptors (Lipinski definition) is 3. The molecule has 162 valence electrons. The van der Waals surface area contributed by atoms with Gasteiger partial charge in [0.15, 0.2) is 0 Å². The van der Waals surface area contributed by atoms with Gasteiger partial charge in [0.25, 0.3) is 0 Å². The zero-order chi connectivity index (χ0) is 22.0. The Labute approximate surface area is 188 Å². The van der Waals surface area contributed by atoms with E-state index in [0.717, 1.165) is 59.7 Å². The zero-order valence-electron chi connectivity index (χ0n) is 18.1. The lowest BCUT2D eigenvalue weighted by Gasteiger charge is -2.32. The molecule has 0 radical (unpaired) electrons. The van der Waals surface area contributed by atoms with Crippen molar-refractivity contribution in [2.24, 2.45) is 11.7 Å². The summed E-state index contributed by atoms with van der Waals surface area (Å²) in [6, 6.07) is 14.5. The van der Waals surface area contributed by atoms with E-state index >= 15 is 0 Å². The minimum absolute atomic E-state index is 0.0389. The topological polar surface area (TPSA) is 60.5 Å². The Balaban J connectivity index is 1.48. The molecule has 31 heavy (non-hydrogen) atoms. The normalized spacial score (nSPS) is 14.7. The first-order valence-electron chi connectivity index (χ1n) is 10.8. The van der Waals surface area contributed by atoms with Crippen LogP contribution in [0.1, 0.15) is 29.5 Å². The van der Waals surface area contributed by atoms with Gasteiger partial charge in [0, 0.05) is 41.7 Å². The van der Waals surface area contributed by atoms with Crippen LogP contribution in [0.4, 0.5) is 0 Å². The summed E-state index contributed by atoms with van der Waals surface area (Å²) in [6.45, 7) is 7.05. The molecule has 2 heterocycles. The van der Waals surface area contributed by atoms with Gasteiger partial charge in [-0.15, -0.1) is 0 Å². The Hall–Kier alpha value is -2.86. The van der Waals surface area contributed by atoms with Crippen molar-refractivity contribution in [1.29, 1.82) is 0 Å². The van der Waals surface area contributed by atoms with Crippen molar-refractivity contribution in [1.82, 2.24) is 9.47 Å². The summed E-state index contributed by atoms with van der Waals surface area (Å²) >= 11 is 5.87. The number of nitrogens with two attached hydrogens (primary N) is 1. The van der Waals surface area contributed by atoms with Gasteiger partial charge in [-0.25, -0.2) is 0 Å². The van der Waals surface area contributed by atoms with Crippen molar-refractivity contribution < 1.29 is 9.53 Å². The molecule has 2 N–H and O–H groups in total. The summed E-state index contributed by atoms with van der Waals surface area (Å²) in [4.78, 5) is 14.5. The monoisotopic (exact) mass is 435 g/mol. The smallest absolute Gasteiger partial charge is 0.220 e. The van der Waals surface area contributed by atoms with E-state index in [4.69, 9.17) is 22.7 Å². The summed E-state index contributed by atoms with van der Waals surface area (Å²) < 4.78 is 8.22. The van der Waals surface area contributed by atoms with Crippen molar-refractivity contribution in [2.45, 2.75) is 33.2 Å². The third-order valence-electron chi connectivity index (χ3n) is 6.28. The zero-order valence-corrected chi connectivity index (χ0v) is 19.0. The highest BCUT2D eigenvalue weighted by molar-refractivity contribution is 7.80. The molecule has 2 aromatic carbocycles. The minimum Gasteiger partial charge on any atom is -0.492 e. The lowest BCUT2D eigenvalue weighted by atomic mass is 9.96. The molecular weight excluding hydrogens is 406 g/mol. The highest BCUT2D eigenvalue weighted by Gasteiger charge is 2.26. The van der Waals surface area contributed by atoms with Gasteiger partial charge >= 0.3 is 0 Å². The number of hydrogen-bond donors (Lipinski definition) is 1. The first-order chi connectivity index (χ1) is 14.9. The van der Waals surface area contributed by atoms with E-state index in [1.807, 2.05) is 18.2 Å². The second-order valence-electron chi connectivity index (χ2n) is 8.32. The second-order valence-corrected chi connectivity index (χ2v) is 8.70. The molecule has 1 aliphatic heterocycles. The maximum atomic E-state index is 11.5. The van der Waals surface area contributed by atoms with Crippen LogP contribution < -0.4 is 10.5 Å². The van der Waals surface area contributed by atoms with Gasteiger partial charge in [0.1, 0.15) is 17.3 Å². The van der Waals surface area contributed by atoms with Crippen LogP contribution in [0.2, 0.25) is 0 Å². The number of carbonyl (C=O) groups excluding carboxylic acids is 1. The number of ether oxygens (including phenoxy) is 1. The largest absolute Gasteiger partial charge is 0.492 e.